The van der Waals surface area contributed by atoms with Gasteiger partial charge in [0.1, 0.15) is 5.75 Å². The molecule has 0 bridgehead atoms. The number of pyridine rings is 1. The fourth-order valence-corrected chi connectivity index (χ4v) is 2.41. The van der Waals surface area contributed by atoms with Gasteiger partial charge in [0.25, 0.3) is 5.69 Å². The SMILES string of the molecule is O=C(O)COc1ccc(C=Cc2ccc3c([N+](=O)[O-])cccc3n2)cc1. The number of hydrogen-bond acceptors (Lipinski definition) is 5. The van der Waals surface area contributed by atoms with E-state index in [4.69, 9.17) is 9.84 Å². The molecule has 0 aliphatic heterocycles. The molecule has 2 aromatic carbocycles. The van der Waals surface area contributed by atoms with Crippen molar-refractivity contribution in [1.29, 1.82) is 0 Å². The van der Waals surface area contributed by atoms with Crippen LogP contribution in [0.3, 0.4) is 0 Å². The fraction of sp³-hybridized carbons (Fsp3) is 0.0526. The Labute approximate surface area is 148 Å². The average molecular weight is 350 g/mol. The molecule has 3 rings (SSSR count). The van der Waals surface area contributed by atoms with Crippen molar-refractivity contribution in [2.75, 3.05) is 6.61 Å². The van der Waals surface area contributed by atoms with Crippen LogP contribution >= 0.6 is 0 Å². The predicted octanol–water partition coefficient (Wildman–Crippen LogP) is 3.78. The zero-order valence-electron chi connectivity index (χ0n) is 13.5. The van der Waals surface area contributed by atoms with Gasteiger partial charge in [0, 0.05) is 6.07 Å². The summed E-state index contributed by atoms with van der Waals surface area (Å²) in [6.45, 7) is -0.387. The highest BCUT2D eigenvalue weighted by molar-refractivity contribution is 5.89. The molecule has 0 unspecified atom stereocenters. The molecule has 1 N–H and O–H groups in total. The second kappa shape index (κ2) is 7.43. The maximum Gasteiger partial charge on any atom is 0.341 e. The zero-order valence-corrected chi connectivity index (χ0v) is 13.5. The Balaban J connectivity index is 1.78. The van der Waals surface area contributed by atoms with Gasteiger partial charge >= 0.3 is 5.97 Å². The molecule has 0 atom stereocenters. The monoisotopic (exact) mass is 350 g/mol. The number of hydrogen-bond donors (Lipinski definition) is 1. The van der Waals surface area contributed by atoms with Crippen molar-refractivity contribution in [3.63, 3.8) is 0 Å². The number of nitro benzene ring substituents is 1. The first-order chi connectivity index (χ1) is 12.5. The average Bonchev–Trinajstić information content (AvgIpc) is 2.64. The Bertz CT molecular complexity index is 996. The van der Waals surface area contributed by atoms with E-state index >= 15 is 0 Å². The molecule has 0 saturated heterocycles. The first-order valence-corrected chi connectivity index (χ1v) is 7.70. The van der Waals surface area contributed by atoms with Gasteiger partial charge in [-0.2, -0.15) is 0 Å². The molecule has 130 valence electrons. The Kier molecular flexibility index (Phi) is 4.89. The van der Waals surface area contributed by atoms with Crippen LogP contribution in [0.5, 0.6) is 5.75 Å². The van der Waals surface area contributed by atoms with Gasteiger partial charge in [0.05, 0.1) is 21.5 Å². The molecule has 7 heteroatoms. The minimum Gasteiger partial charge on any atom is -0.482 e. The topological polar surface area (TPSA) is 103 Å². The van der Waals surface area contributed by atoms with Crippen molar-refractivity contribution in [1.82, 2.24) is 4.98 Å². The van der Waals surface area contributed by atoms with Crippen molar-refractivity contribution in [3.8, 4) is 5.75 Å². The Morgan fingerprint density at radius 1 is 1.12 bits per heavy atom. The summed E-state index contributed by atoms with van der Waals surface area (Å²) in [5.74, 6) is -0.558. The third-order valence-electron chi connectivity index (χ3n) is 3.62. The number of nitrogens with zero attached hydrogens (tertiary/aromatic N) is 2. The lowest BCUT2D eigenvalue weighted by atomic mass is 10.1. The van der Waals surface area contributed by atoms with Crippen molar-refractivity contribution < 1.29 is 19.6 Å². The van der Waals surface area contributed by atoms with Crippen LogP contribution in [-0.2, 0) is 4.79 Å². The minimum atomic E-state index is -1.03. The summed E-state index contributed by atoms with van der Waals surface area (Å²) in [5.41, 5.74) is 2.14. The molecule has 0 aliphatic rings. The number of carbonyl (C=O) groups is 1. The summed E-state index contributed by atoms with van der Waals surface area (Å²) < 4.78 is 5.07. The second-order valence-electron chi connectivity index (χ2n) is 5.42. The van der Waals surface area contributed by atoms with E-state index in [2.05, 4.69) is 4.98 Å². The van der Waals surface area contributed by atoms with Crippen molar-refractivity contribution >= 4 is 34.7 Å². The second-order valence-corrected chi connectivity index (χ2v) is 5.42. The Morgan fingerprint density at radius 2 is 1.88 bits per heavy atom. The third-order valence-corrected chi connectivity index (χ3v) is 3.62. The fourth-order valence-electron chi connectivity index (χ4n) is 2.41. The smallest absolute Gasteiger partial charge is 0.341 e. The van der Waals surface area contributed by atoms with E-state index in [0.717, 1.165) is 5.56 Å². The van der Waals surface area contributed by atoms with E-state index in [1.807, 2.05) is 6.08 Å². The van der Waals surface area contributed by atoms with Crippen LogP contribution in [0.15, 0.2) is 54.6 Å². The molecule has 1 aromatic heterocycles. The van der Waals surface area contributed by atoms with Crippen molar-refractivity contribution in [2.45, 2.75) is 0 Å². The molecule has 0 fully saturated rings. The van der Waals surface area contributed by atoms with Crippen LogP contribution in [0.1, 0.15) is 11.3 Å². The molecule has 3 aromatic rings. The quantitative estimate of drug-likeness (QED) is 0.536. The van der Waals surface area contributed by atoms with E-state index < -0.39 is 10.9 Å². The lowest BCUT2D eigenvalue weighted by Crippen LogP contribution is -2.09. The molecule has 1 heterocycles. The number of carboxylic acid groups (broad SMARTS) is 1. The van der Waals surface area contributed by atoms with Gasteiger partial charge in [0.15, 0.2) is 6.61 Å². The summed E-state index contributed by atoms with van der Waals surface area (Å²) in [4.78, 5) is 25.5. The van der Waals surface area contributed by atoms with Crippen LogP contribution in [0.4, 0.5) is 5.69 Å². The maximum absolute atomic E-state index is 11.0. The molecule has 0 amide bonds. The number of ether oxygens (including phenoxy) is 1. The van der Waals surface area contributed by atoms with E-state index in [0.29, 0.717) is 22.3 Å². The normalized spacial score (nSPS) is 10.9. The minimum absolute atomic E-state index is 0.0301. The number of aliphatic carboxylic acids is 1. The summed E-state index contributed by atoms with van der Waals surface area (Å²) in [5, 5.41) is 20.1. The maximum atomic E-state index is 11.0. The van der Waals surface area contributed by atoms with Gasteiger partial charge in [-0.25, -0.2) is 9.78 Å². The van der Waals surface area contributed by atoms with Crippen molar-refractivity contribution in [2.24, 2.45) is 0 Å². The summed E-state index contributed by atoms with van der Waals surface area (Å²) in [6, 6.07) is 15.1. The summed E-state index contributed by atoms with van der Waals surface area (Å²) >= 11 is 0. The lowest BCUT2D eigenvalue weighted by Gasteiger charge is -2.03. The van der Waals surface area contributed by atoms with Crippen LogP contribution in [0, 0.1) is 10.1 Å². The molecular weight excluding hydrogens is 336 g/mol. The standard InChI is InChI=1S/C19H14N2O5/c22-19(23)12-26-15-9-5-13(6-10-15)4-7-14-8-11-16-17(20-14)2-1-3-18(16)21(24)25/h1-11H,12H2,(H,22,23). The van der Waals surface area contributed by atoms with E-state index in [9.17, 15) is 14.9 Å². The Hall–Kier alpha value is -3.74. The largest absolute Gasteiger partial charge is 0.482 e. The predicted molar refractivity (Wildman–Crippen MR) is 96.9 cm³/mol. The van der Waals surface area contributed by atoms with Crippen LogP contribution < -0.4 is 4.74 Å². The highest BCUT2D eigenvalue weighted by Crippen LogP contribution is 2.24. The zero-order chi connectivity index (χ0) is 18.5. The number of rotatable bonds is 6. The number of carboxylic acids is 1. The van der Waals surface area contributed by atoms with Crippen LogP contribution in [0.2, 0.25) is 0 Å². The number of non-ortho nitro benzene ring substituents is 1. The number of nitro groups is 1. The van der Waals surface area contributed by atoms with Gasteiger partial charge in [-0.3, -0.25) is 10.1 Å². The van der Waals surface area contributed by atoms with Gasteiger partial charge in [-0.1, -0.05) is 24.3 Å². The summed E-state index contributed by atoms with van der Waals surface area (Å²) in [6.07, 6.45) is 3.64. The van der Waals surface area contributed by atoms with Gasteiger partial charge in [0.2, 0.25) is 0 Å². The third kappa shape index (κ3) is 4.02. The number of benzene rings is 2. The van der Waals surface area contributed by atoms with E-state index in [1.165, 1.54) is 6.07 Å². The van der Waals surface area contributed by atoms with Gasteiger partial charge < -0.3 is 9.84 Å². The summed E-state index contributed by atoms with van der Waals surface area (Å²) in [7, 11) is 0. The molecule has 7 nitrogen and oxygen atoms in total. The first-order valence-electron chi connectivity index (χ1n) is 7.70. The first kappa shape index (κ1) is 17.1. The van der Waals surface area contributed by atoms with Gasteiger partial charge in [-0.15, -0.1) is 0 Å². The molecule has 26 heavy (non-hydrogen) atoms. The van der Waals surface area contributed by atoms with Crippen LogP contribution in [-0.4, -0.2) is 27.6 Å². The highest BCUT2D eigenvalue weighted by atomic mass is 16.6. The molecule has 0 saturated carbocycles. The van der Waals surface area contributed by atoms with E-state index in [-0.39, 0.29) is 12.3 Å². The lowest BCUT2D eigenvalue weighted by molar-refractivity contribution is -0.383. The number of fused-ring (bicyclic) bond motifs is 1. The highest BCUT2D eigenvalue weighted by Gasteiger charge is 2.11. The van der Waals surface area contributed by atoms with Crippen LogP contribution in [0.25, 0.3) is 23.1 Å². The number of aromatic nitrogens is 1. The molecular formula is C19H14N2O5. The molecule has 0 aliphatic carbocycles. The van der Waals surface area contributed by atoms with Gasteiger partial charge in [-0.05, 0) is 42.0 Å². The molecule has 0 spiro atoms. The van der Waals surface area contributed by atoms with Crippen molar-refractivity contribution in [3.05, 3.63) is 76.0 Å². The Morgan fingerprint density at radius 3 is 2.58 bits per heavy atom. The molecule has 0 radical (unpaired) electrons. The van der Waals surface area contributed by atoms with E-state index in [1.54, 1.807) is 54.6 Å².